The lowest BCUT2D eigenvalue weighted by Crippen LogP contribution is -2.44. The van der Waals surface area contributed by atoms with E-state index in [1.807, 2.05) is 0 Å². The number of rotatable bonds is 2. The average molecular weight is 282 g/mol. The van der Waals surface area contributed by atoms with Gasteiger partial charge >= 0.3 is 0 Å². The Morgan fingerprint density at radius 1 is 1.60 bits per heavy atom. The van der Waals surface area contributed by atoms with Crippen molar-refractivity contribution in [3.05, 3.63) is 22.9 Å². The zero-order valence-corrected chi connectivity index (χ0v) is 10.6. The number of aromatic amines is 1. The van der Waals surface area contributed by atoms with Crippen LogP contribution in [0.5, 0.6) is 0 Å². The lowest BCUT2D eigenvalue weighted by atomic mass is 9.97. The van der Waals surface area contributed by atoms with E-state index in [0.29, 0.717) is 0 Å². The molecule has 0 aromatic carbocycles. The SMILES string of the molecule is C[C@]1(O)C(O)[C@@H](CO)O[C@H]1n1ncc2c(=O)[nH]cnc21. The molecule has 0 saturated carbocycles. The van der Waals surface area contributed by atoms with Crippen LogP contribution in [0.2, 0.25) is 0 Å². The van der Waals surface area contributed by atoms with Gasteiger partial charge < -0.3 is 25.0 Å². The fraction of sp³-hybridized carbons (Fsp3) is 0.545. The van der Waals surface area contributed by atoms with Gasteiger partial charge in [0.15, 0.2) is 11.9 Å². The highest BCUT2D eigenvalue weighted by molar-refractivity contribution is 5.72. The summed E-state index contributed by atoms with van der Waals surface area (Å²) < 4.78 is 6.65. The first-order valence-corrected chi connectivity index (χ1v) is 6.04. The molecular formula is C11H14N4O5. The minimum atomic E-state index is -1.67. The van der Waals surface area contributed by atoms with Crippen LogP contribution in [0.15, 0.2) is 17.3 Å². The number of H-pyrrole nitrogens is 1. The lowest BCUT2D eigenvalue weighted by Gasteiger charge is -2.26. The molecule has 2 aromatic heterocycles. The number of aliphatic hydroxyl groups is 3. The Morgan fingerprint density at radius 3 is 3.00 bits per heavy atom. The highest BCUT2D eigenvalue weighted by Crippen LogP contribution is 2.38. The van der Waals surface area contributed by atoms with Crippen LogP contribution in [0, 0.1) is 0 Å². The molecule has 20 heavy (non-hydrogen) atoms. The normalized spacial score (nSPS) is 33.9. The molecule has 0 amide bonds. The standard InChI is InChI=1S/C11H14N4O5/c1-11(19)7(17)6(3-16)20-10(11)15-8-5(2-14-15)9(18)13-4-12-8/h2,4,6-7,10,16-17,19H,3H2,1H3,(H,12,13,18)/t6-,7?,10-,11+/m1/s1. The maximum atomic E-state index is 11.6. The Balaban J connectivity index is 2.12. The van der Waals surface area contributed by atoms with E-state index in [-0.39, 0.29) is 16.6 Å². The van der Waals surface area contributed by atoms with E-state index in [9.17, 15) is 15.0 Å². The van der Waals surface area contributed by atoms with Gasteiger partial charge in [0.05, 0.1) is 19.1 Å². The molecule has 1 saturated heterocycles. The van der Waals surface area contributed by atoms with Gasteiger partial charge in [0, 0.05) is 0 Å². The summed E-state index contributed by atoms with van der Waals surface area (Å²) in [5.41, 5.74) is -1.81. The number of fused-ring (bicyclic) bond motifs is 1. The van der Waals surface area contributed by atoms with Gasteiger partial charge in [-0.1, -0.05) is 0 Å². The minimum absolute atomic E-state index is 0.227. The van der Waals surface area contributed by atoms with E-state index in [0.717, 1.165) is 0 Å². The Labute approximate surface area is 112 Å². The summed E-state index contributed by atoms with van der Waals surface area (Å²) in [6.07, 6.45) is -0.748. The molecule has 1 unspecified atom stereocenters. The van der Waals surface area contributed by atoms with Crippen molar-refractivity contribution in [1.29, 1.82) is 0 Å². The van der Waals surface area contributed by atoms with Gasteiger partial charge in [-0.3, -0.25) is 4.79 Å². The molecule has 0 bridgehead atoms. The number of nitrogens with zero attached hydrogens (tertiary/aromatic N) is 3. The Hall–Kier alpha value is -1.81. The summed E-state index contributed by atoms with van der Waals surface area (Å²) in [6.45, 7) is 0.930. The first-order valence-electron chi connectivity index (χ1n) is 6.04. The van der Waals surface area contributed by atoms with Crippen LogP contribution in [-0.2, 0) is 4.74 Å². The molecule has 4 N–H and O–H groups in total. The van der Waals surface area contributed by atoms with Crippen LogP contribution in [0.4, 0.5) is 0 Å². The van der Waals surface area contributed by atoms with Crippen molar-refractivity contribution < 1.29 is 20.1 Å². The summed E-state index contributed by atoms with van der Waals surface area (Å²) in [5.74, 6) is 0. The molecule has 9 nitrogen and oxygen atoms in total. The van der Waals surface area contributed by atoms with Crippen molar-refractivity contribution >= 4 is 11.0 Å². The van der Waals surface area contributed by atoms with Crippen LogP contribution < -0.4 is 5.56 Å². The maximum Gasteiger partial charge on any atom is 0.261 e. The fourth-order valence-corrected chi connectivity index (χ4v) is 2.39. The number of aliphatic hydroxyl groups excluding tert-OH is 2. The van der Waals surface area contributed by atoms with E-state index < -0.39 is 30.6 Å². The molecule has 0 radical (unpaired) electrons. The van der Waals surface area contributed by atoms with Crippen molar-refractivity contribution in [3.63, 3.8) is 0 Å². The van der Waals surface area contributed by atoms with Crippen molar-refractivity contribution in [3.8, 4) is 0 Å². The molecule has 0 spiro atoms. The van der Waals surface area contributed by atoms with Crippen LogP contribution in [0.25, 0.3) is 11.0 Å². The highest BCUT2D eigenvalue weighted by Gasteiger charge is 2.53. The predicted molar refractivity (Wildman–Crippen MR) is 65.8 cm³/mol. The monoisotopic (exact) mass is 282 g/mol. The molecule has 3 rings (SSSR count). The largest absolute Gasteiger partial charge is 0.394 e. The van der Waals surface area contributed by atoms with Gasteiger partial charge in [-0.25, -0.2) is 9.67 Å². The summed E-state index contributed by atoms with van der Waals surface area (Å²) in [4.78, 5) is 18.0. The third kappa shape index (κ3) is 1.68. The van der Waals surface area contributed by atoms with Crippen molar-refractivity contribution in [2.45, 2.75) is 31.0 Å². The molecule has 3 heterocycles. The number of hydrogen-bond donors (Lipinski definition) is 4. The number of aromatic nitrogens is 4. The lowest BCUT2D eigenvalue weighted by molar-refractivity contribution is -0.100. The Kier molecular flexibility index (Phi) is 2.87. The second-order valence-corrected chi connectivity index (χ2v) is 4.94. The number of nitrogens with one attached hydrogen (secondary N) is 1. The first-order chi connectivity index (χ1) is 9.46. The van der Waals surface area contributed by atoms with Gasteiger partial charge in [-0.05, 0) is 6.92 Å². The Morgan fingerprint density at radius 2 is 2.35 bits per heavy atom. The summed E-state index contributed by atoms with van der Waals surface area (Å²) >= 11 is 0. The average Bonchev–Trinajstić information content (AvgIpc) is 2.92. The molecule has 1 aliphatic heterocycles. The predicted octanol–water partition coefficient (Wildman–Crippen LogP) is -1.88. The Bertz CT molecular complexity index is 693. The number of ether oxygens (including phenoxy) is 1. The first kappa shape index (κ1) is 13.2. The second kappa shape index (κ2) is 4.35. The van der Waals surface area contributed by atoms with E-state index >= 15 is 0 Å². The van der Waals surface area contributed by atoms with Gasteiger partial charge in [-0.2, -0.15) is 5.10 Å². The van der Waals surface area contributed by atoms with Gasteiger partial charge in [0.1, 0.15) is 23.2 Å². The second-order valence-electron chi connectivity index (χ2n) is 4.94. The summed E-state index contributed by atoms with van der Waals surface area (Å²) in [7, 11) is 0. The van der Waals surface area contributed by atoms with Crippen molar-refractivity contribution in [1.82, 2.24) is 19.7 Å². The van der Waals surface area contributed by atoms with E-state index in [1.54, 1.807) is 0 Å². The van der Waals surface area contributed by atoms with Gasteiger partial charge in [0.2, 0.25) is 0 Å². The smallest absolute Gasteiger partial charge is 0.261 e. The molecule has 108 valence electrons. The number of hydrogen-bond acceptors (Lipinski definition) is 7. The molecule has 2 aromatic rings. The van der Waals surface area contributed by atoms with Crippen LogP contribution in [0.3, 0.4) is 0 Å². The zero-order valence-electron chi connectivity index (χ0n) is 10.6. The van der Waals surface area contributed by atoms with Crippen LogP contribution in [0.1, 0.15) is 13.2 Å². The highest BCUT2D eigenvalue weighted by atomic mass is 16.6. The van der Waals surface area contributed by atoms with Crippen molar-refractivity contribution in [2.24, 2.45) is 0 Å². The third-order valence-corrected chi connectivity index (χ3v) is 3.55. The van der Waals surface area contributed by atoms with E-state index in [4.69, 9.17) is 9.84 Å². The molecule has 4 atom stereocenters. The van der Waals surface area contributed by atoms with Crippen LogP contribution >= 0.6 is 0 Å². The van der Waals surface area contributed by atoms with E-state index in [1.165, 1.54) is 24.1 Å². The van der Waals surface area contributed by atoms with Crippen molar-refractivity contribution in [2.75, 3.05) is 6.61 Å². The molecule has 1 aliphatic rings. The zero-order chi connectivity index (χ0) is 14.5. The molecular weight excluding hydrogens is 268 g/mol. The minimum Gasteiger partial charge on any atom is -0.394 e. The summed E-state index contributed by atoms with van der Waals surface area (Å²) in [6, 6.07) is 0. The topological polar surface area (TPSA) is 133 Å². The van der Waals surface area contributed by atoms with Gasteiger partial charge in [0.25, 0.3) is 5.56 Å². The quantitative estimate of drug-likeness (QED) is 0.506. The van der Waals surface area contributed by atoms with Crippen LogP contribution in [-0.4, -0.2) is 59.5 Å². The van der Waals surface area contributed by atoms with E-state index in [2.05, 4.69) is 15.1 Å². The molecule has 0 aliphatic carbocycles. The summed E-state index contributed by atoms with van der Waals surface area (Å²) in [5, 5.41) is 33.7. The van der Waals surface area contributed by atoms with Gasteiger partial charge in [-0.15, -0.1) is 0 Å². The third-order valence-electron chi connectivity index (χ3n) is 3.55. The molecule has 1 fully saturated rings. The maximum absolute atomic E-state index is 11.6. The molecule has 9 heteroatoms. The fourth-order valence-electron chi connectivity index (χ4n) is 2.39.